The minimum Gasteiger partial charge on any atom is -0.338 e. The quantitative estimate of drug-likeness (QED) is 0.896. The van der Waals surface area contributed by atoms with E-state index in [1.54, 1.807) is 6.20 Å². The van der Waals surface area contributed by atoms with Crippen molar-refractivity contribution in [2.24, 2.45) is 0 Å². The molecule has 0 bridgehead atoms. The Hall–Kier alpha value is -2.36. The van der Waals surface area contributed by atoms with Crippen LogP contribution in [-0.4, -0.2) is 17.6 Å². The fourth-order valence-corrected chi connectivity index (χ4v) is 2.09. The van der Waals surface area contributed by atoms with Crippen LogP contribution in [0.4, 0.5) is 10.5 Å². The number of rotatable bonds is 4. The highest BCUT2D eigenvalue weighted by Crippen LogP contribution is 2.13. The summed E-state index contributed by atoms with van der Waals surface area (Å²) in [4.78, 5) is 15.8. The van der Waals surface area contributed by atoms with E-state index in [2.05, 4.69) is 21.7 Å². The second-order valence-electron chi connectivity index (χ2n) is 4.87. The van der Waals surface area contributed by atoms with Gasteiger partial charge in [0, 0.05) is 24.6 Å². The summed E-state index contributed by atoms with van der Waals surface area (Å²) in [6, 6.07) is 9.69. The molecule has 0 saturated carbocycles. The molecule has 1 aromatic heterocycles. The Kier molecular flexibility index (Phi) is 4.71. The van der Waals surface area contributed by atoms with Gasteiger partial charge in [0.25, 0.3) is 0 Å². The second kappa shape index (κ2) is 6.70. The Labute approximate surface area is 119 Å². The summed E-state index contributed by atoms with van der Waals surface area (Å²) in [6.45, 7) is 4.61. The monoisotopic (exact) mass is 269 g/mol. The number of aromatic nitrogens is 1. The molecule has 2 rings (SSSR count). The fraction of sp³-hybridized carbons (Fsp3) is 0.250. The lowest BCUT2D eigenvalue weighted by molar-refractivity contribution is 0.252. The Morgan fingerprint density at radius 3 is 2.60 bits per heavy atom. The first kappa shape index (κ1) is 14.1. The number of pyridine rings is 1. The molecule has 0 spiro atoms. The molecule has 4 heteroatoms. The molecule has 104 valence electrons. The highest BCUT2D eigenvalue weighted by atomic mass is 16.2. The van der Waals surface area contributed by atoms with Gasteiger partial charge in [-0.2, -0.15) is 0 Å². The van der Waals surface area contributed by atoms with Crippen molar-refractivity contribution in [3.05, 3.63) is 59.4 Å². The second-order valence-corrected chi connectivity index (χ2v) is 4.87. The molecule has 0 fully saturated rings. The third kappa shape index (κ3) is 4.39. The summed E-state index contributed by atoms with van der Waals surface area (Å²) in [5, 5.41) is 5.68. The Balaban J connectivity index is 1.81. The zero-order chi connectivity index (χ0) is 14.4. The maximum absolute atomic E-state index is 11.8. The van der Waals surface area contributed by atoms with Gasteiger partial charge >= 0.3 is 6.03 Å². The van der Waals surface area contributed by atoms with Gasteiger partial charge in [-0.05, 0) is 55.2 Å². The van der Waals surface area contributed by atoms with E-state index in [1.807, 2.05) is 44.3 Å². The first-order valence-electron chi connectivity index (χ1n) is 6.65. The molecular weight excluding hydrogens is 250 g/mol. The van der Waals surface area contributed by atoms with Gasteiger partial charge in [-0.3, -0.25) is 4.98 Å². The number of benzene rings is 1. The molecule has 0 radical (unpaired) electrons. The number of amides is 2. The minimum atomic E-state index is -0.182. The van der Waals surface area contributed by atoms with E-state index >= 15 is 0 Å². The van der Waals surface area contributed by atoms with Crippen LogP contribution in [0.1, 0.15) is 16.7 Å². The maximum Gasteiger partial charge on any atom is 0.319 e. The summed E-state index contributed by atoms with van der Waals surface area (Å²) in [5.41, 5.74) is 4.20. The zero-order valence-corrected chi connectivity index (χ0v) is 11.8. The van der Waals surface area contributed by atoms with Gasteiger partial charge in [-0.1, -0.05) is 12.1 Å². The SMILES string of the molecule is Cc1cc(C)cc(NC(=O)NCCc2cccnc2)c1. The number of hydrogen-bond donors (Lipinski definition) is 2. The van der Waals surface area contributed by atoms with Crippen LogP contribution < -0.4 is 10.6 Å². The van der Waals surface area contributed by atoms with Crippen LogP contribution >= 0.6 is 0 Å². The van der Waals surface area contributed by atoms with Crippen LogP contribution in [0.3, 0.4) is 0 Å². The summed E-state index contributed by atoms with van der Waals surface area (Å²) in [5.74, 6) is 0. The third-order valence-electron chi connectivity index (χ3n) is 2.90. The molecule has 4 nitrogen and oxygen atoms in total. The van der Waals surface area contributed by atoms with Gasteiger partial charge in [0.2, 0.25) is 0 Å². The van der Waals surface area contributed by atoms with Gasteiger partial charge < -0.3 is 10.6 Å². The summed E-state index contributed by atoms with van der Waals surface area (Å²) in [7, 11) is 0. The molecule has 0 aliphatic rings. The highest BCUT2D eigenvalue weighted by Gasteiger charge is 2.02. The molecule has 2 N–H and O–H groups in total. The van der Waals surface area contributed by atoms with Crippen molar-refractivity contribution in [2.45, 2.75) is 20.3 Å². The number of carbonyl (C=O) groups excluding carboxylic acids is 1. The van der Waals surface area contributed by atoms with Crippen molar-refractivity contribution in [1.29, 1.82) is 0 Å². The molecule has 1 aromatic carbocycles. The van der Waals surface area contributed by atoms with E-state index in [-0.39, 0.29) is 6.03 Å². The first-order valence-corrected chi connectivity index (χ1v) is 6.65. The van der Waals surface area contributed by atoms with Gasteiger partial charge in [-0.25, -0.2) is 4.79 Å². The molecule has 0 saturated heterocycles. The van der Waals surface area contributed by atoms with Crippen molar-refractivity contribution < 1.29 is 4.79 Å². The van der Waals surface area contributed by atoms with E-state index in [1.165, 1.54) is 0 Å². The van der Waals surface area contributed by atoms with E-state index in [0.717, 1.165) is 28.8 Å². The van der Waals surface area contributed by atoms with Crippen LogP contribution in [0.5, 0.6) is 0 Å². The first-order chi connectivity index (χ1) is 9.63. The molecular formula is C16H19N3O. The van der Waals surface area contributed by atoms with Crippen LogP contribution in [0.25, 0.3) is 0 Å². The van der Waals surface area contributed by atoms with Gasteiger partial charge in [0.1, 0.15) is 0 Å². The predicted molar refractivity (Wildman–Crippen MR) is 80.9 cm³/mol. The van der Waals surface area contributed by atoms with Crippen LogP contribution in [0, 0.1) is 13.8 Å². The Bertz CT molecular complexity index is 561. The van der Waals surface area contributed by atoms with Gasteiger partial charge in [0.05, 0.1) is 0 Å². The van der Waals surface area contributed by atoms with Crippen LogP contribution in [0.15, 0.2) is 42.7 Å². The minimum absolute atomic E-state index is 0.182. The predicted octanol–water partition coefficient (Wildman–Crippen LogP) is 3.06. The van der Waals surface area contributed by atoms with Crippen molar-refractivity contribution in [1.82, 2.24) is 10.3 Å². The lowest BCUT2D eigenvalue weighted by atomic mass is 10.1. The highest BCUT2D eigenvalue weighted by molar-refractivity contribution is 5.89. The van der Waals surface area contributed by atoms with E-state index < -0.39 is 0 Å². The van der Waals surface area contributed by atoms with Crippen molar-refractivity contribution in [2.75, 3.05) is 11.9 Å². The molecule has 20 heavy (non-hydrogen) atoms. The average molecular weight is 269 g/mol. The van der Waals surface area contributed by atoms with E-state index in [0.29, 0.717) is 6.54 Å². The average Bonchev–Trinajstić information content (AvgIpc) is 2.38. The molecule has 0 aliphatic carbocycles. The fourth-order valence-electron chi connectivity index (χ4n) is 2.09. The van der Waals surface area contributed by atoms with Crippen LogP contribution in [0.2, 0.25) is 0 Å². The van der Waals surface area contributed by atoms with E-state index in [9.17, 15) is 4.79 Å². The van der Waals surface area contributed by atoms with Crippen molar-refractivity contribution >= 4 is 11.7 Å². The number of hydrogen-bond acceptors (Lipinski definition) is 2. The molecule has 0 atom stereocenters. The molecule has 2 aromatic rings. The number of carbonyl (C=O) groups is 1. The number of anilines is 1. The Morgan fingerprint density at radius 2 is 1.95 bits per heavy atom. The standard InChI is InChI=1S/C16H19N3O/c1-12-8-13(2)10-15(9-12)19-16(20)18-7-5-14-4-3-6-17-11-14/h3-4,6,8-11H,5,7H2,1-2H3,(H2,18,19,20). The van der Waals surface area contributed by atoms with Crippen molar-refractivity contribution in [3.63, 3.8) is 0 Å². The number of nitrogens with zero attached hydrogens (tertiary/aromatic N) is 1. The summed E-state index contributed by atoms with van der Waals surface area (Å²) >= 11 is 0. The van der Waals surface area contributed by atoms with Crippen LogP contribution in [-0.2, 0) is 6.42 Å². The molecule has 0 aliphatic heterocycles. The van der Waals surface area contributed by atoms with E-state index in [4.69, 9.17) is 0 Å². The molecule has 1 heterocycles. The number of aryl methyl sites for hydroxylation is 2. The lowest BCUT2D eigenvalue weighted by Crippen LogP contribution is -2.30. The smallest absolute Gasteiger partial charge is 0.319 e. The maximum atomic E-state index is 11.8. The van der Waals surface area contributed by atoms with Gasteiger partial charge in [-0.15, -0.1) is 0 Å². The molecule has 0 unspecified atom stereocenters. The van der Waals surface area contributed by atoms with Crippen molar-refractivity contribution in [3.8, 4) is 0 Å². The largest absolute Gasteiger partial charge is 0.338 e. The summed E-state index contributed by atoms with van der Waals surface area (Å²) in [6.07, 6.45) is 4.32. The number of nitrogens with one attached hydrogen (secondary N) is 2. The Morgan fingerprint density at radius 1 is 1.20 bits per heavy atom. The van der Waals surface area contributed by atoms with Gasteiger partial charge in [0.15, 0.2) is 0 Å². The lowest BCUT2D eigenvalue weighted by Gasteiger charge is -2.09. The normalized spacial score (nSPS) is 10.1. The topological polar surface area (TPSA) is 54.0 Å². The zero-order valence-electron chi connectivity index (χ0n) is 11.8. The summed E-state index contributed by atoms with van der Waals surface area (Å²) < 4.78 is 0. The molecule has 2 amide bonds. The number of urea groups is 1. The third-order valence-corrected chi connectivity index (χ3v) is 2.90.